The topological polar surface area (TPSA) is 71.3 Å². The van der Waals surface area contributed by atoms with Gasteiger partial charge in [0.1, 0.15) is 6.04 Å². The Morgan fingerprint density at radius 1 is 0.828 bits per heavy atom. The SMILES string of the molecule is O=C(NC(Cc1ccccc1)C(=O)Nc1cccc2ccoc12)c1ccccc1. The van der Waals surface area contributed by atoms with Gasteiger partial charge in [-0.2, -0.15) is 0 Å². The molecule has 0 aliphatic rings. The van der Waals surface area contributed by atoms with Crippen LogP contribution in [-0.2, 0) is 11.2 Å². The van der Waals surface area contributed by atoms with Crippen LogP contribution in [0, 0.1) is 0 Å². The zero-order chi connectivity index (χ0) is 20.1. The Kier molecular flexibility index (Phi) is 5.38. The van der Waals surface area contributed by atoms with Crippen molar-refractivity contribution in [2.45, 2.75) is 12.5 Å². The van der Waals surface area contributed by atoms with Gasteiger partial charge < -0.3 is 15.1 Å². The third kappa shape index (κ3) is 4.35. The van der Waals surface area contributed by atoms with Crippen LogP contribution in [-0.4, -0.2) is 17.9 Å². The van der Waals surface area contributed by atoms with Crippen molar-refractivity contribution in [1.29, 1.82) is 0 Å². The van der Waals surface area contributed by atoms with Crippen LogP contribution in [0.25, 0.3) is 11.0 Å². The number of hydrogen-bond acceptors (Lipinski definition) is 3. The summed E-state index contributed by atoms with van der Waals surface area (Å²) in [6, 6.07) is 25.1. The molecule has 29 heavy (non-hydrogen) atoms. The Bertz CT molecular complexity index is 1120. The zero-order valence-electron chi connectivity index (χ0n) is 15.7. The molecule has 3 aromatic carbocycles. The Morgan fingerprint density at radius 2 is 1.55 bits per heavy atom. The lowest BCUT2D eigenvalue weighted by Crippen LogP contribution is -2.45. The van der Waals surface area contributed by atoms with Gasteiger partial charge in [-0.15, -0.1) is 0 Å². The Morgan fingerprint density at radius 3 is 2.31 bits per heavy atom. The fourth-order valence-corrected chi connectivity index (χ4v) is 3.20. The highest BCUT2D eigenvalue weighted by Gasteiger charge is 2.23. The molecule has 0 fully saturated rings. The second kappa shape index (κ2) is 8.44. The third-order valence-corrected chi connectivity index (χ3v) is 4.68. The van der Waals surface area contributed by atoms with E-state index in [2.05, 4.69) is 10.6 Å². The van der Waals surface area contributed by atoms with Gasteiger partial charge in [-0.1, -0.05) is 60.7 Å². The highest BCUT2D eigenvalue weighted by Crippen LogP contribution is 2.24. The van der Waals surface area contributed by atoms with Crippen molar-refractivity contribution in [3.8, 4) is 0 Å². The van der Waals surface area contributed by atoms with Gasteiger partial charge in [0, 0.05) is 17.4 Å². The predicted octanol–water partition coefficient (Wildman–Crippen LogP) is 4.41. The van der Waals surface area contributed by atoms with Crippen LogP contribution in [0.2, 0.25) is 0 Å². The summed E-state index contributed by atoms with van der Waals surface area (Å²) < 4.78 is 5.50. The molecule has 0 aliphatic heterocycles. The summed E-state index contributed by atoms with van der Waals surface area (Å²) in [4.78, 5) is 25.7. The fourth-order valence-electron chi connectivity index (χ4n) is 3.20. The second-order valence-electron chi connectivity index (χ2n) is 6.72. The zero-order valence-corrected chi connectivity index (χ0v) is 15.7. The molecule has 2 amide bonds. The molecule has 0 radical (unpaired) electrons. The lowest BCUT2D eigenvalue weighted by molar-refractivity contribution is -0.118. The lowest BCUT2D eigenvalue weighted by atomic mass is 10.0. The highest BCUT2D eigenvalue weighted by molar-refractivity contribution is 6.04. The van der Waals surface area contributed by atoms with Crippen LogP contribution in [0.3, 0.4) is 0 Å². The molecule has 5 heteroatoms. The van der Waals surface area contributed by atoms with E-state index in [4.69, 9.17) is 4.42 Å². The predicted molar refractivity (Wildman–Crippen MR) is 113 cm³/mol. The van der Waals surface area contributed by atoms with E-state index in [1.165, 1.54) is 0 Å². The van der Waals surface area contributed by atoms with E-state index < -0.39 is 6.04 Å². The minimum atomic E-state index is -0.740. The first kappa shape index (κ1) is 18.5. The van der Waals surface area contributed by atoms with Gasteiger partial charge in [0.15, 0.2) is 5.58 Å². The number of fused-ring (bicyclic) bond motifs is 1. The minimum absolute atomic E-state index is 0.294. The normalized spacial score (nSPS) is 11.7. The van der Waals surface area contributed by atoms with Gasteiger partial charge in [-0.25, -0.2) is 0 Å². The Hall–Kier alpha value is -3.86. The summed E-state index contributed by atoms with van der Waals surface area (Å²) in [5.74, 6) is -0.597. The number of nitrogens with one attached hydrogen (secondary N) is 2. The molecule has 0 aliphatic carbocycles. The van der Waals surface area contributed by atoms with Crippen molar-refractivity contribution in [2.75, 3.05) is 5.32 Å². The second-order valence-corrected chi connectivity index (χ2v) is 6.72. The van der Waals surface area contributed by atoms with Gasteiger partial charge in [0.05, 0.1) is 12.0 Å². The maximum atomic E-state index is 13.1. The molecule has 5 nitrogen and oxygen atoms in total. The first-order valence-corrected chi connectivity index (χ1v) is 9.37. The standard InChI is InChI=1S/C24H20N2O3/c27-23(19-10-5-2-6-11-19)26-21(16-17-8-3-1-4-9-17)24(28)25-20-13-7-12-18-14-15-29-22(18)20/h1-15,21H,16H2,(H,25,28)(H,26,27). The summed E-state index contributed by atoms with van der Waals surface area (Å²) in [6.45, 7) is 0. The Labute approximate surface area is 168 Å². The summed E-state index contributed by atoms with van der Waals surface area (Å²) in [5, 5.41) is 6.66. The molecule has 1 heterocycles. The van der Waals surface area contributed by atoms with E-state index in [0.717, 1.165) is 10.9 Å². The van der Waals surface area contributed by atoms with Crippen LogP contribution in [0.4, 0.5) is 5.69 Å². The van der Waals surface area contributed by atoms with E-state index in [1.807, 2.05) is 54.6 Å². The molecule has 1 atom stereocenters. The number of furan rings is 1. The van der Waals surface area contributed by atoms with E-state index in [1.54, 1.807) is 36.6 Å². The van der Waals surface area contributed by atoms with Crippen LogP contribution < -0.4 is 10.6 Å². The number of rotatable bonds is 6. The first-order chi connectivity index (χ1) is 14.2. The van der Waals surface area contributed by atoms with Crippen LogP contribution in [0.5, 0.6) is 0 Å². The molecule has 2 N–H and O–H groups in total. The number of carbonyl (C=O) groups excluding carboxylic acids is 2. The van der Waals surface area contributed by atoms with E-state index in [9.17, 15) is 9.59 Å². The summed E-state index contributed by atoms with van der Waals surface area (Å²) in [7, 11) is 0. The Balaban J connectivity index is 1.57. The molecule has 0 bridgehead atoms. The van der Waals surface area contributed by atoms with Gasteiger partial charge in [-0.05, 0) is 29.8 Å². The van der Waals surface area contributed by atoms with Crippen molar-refractivity contribution in [1.82, 2.24) is 5.32 Å². The van der Waals surface area contributed by atoms with Crippen molar-refractivity contribution in [3.05, 3.63) is 102 Å². The minimum Gasteiger partial charge on any atom is -0.462 e. The number of anilines is 1. The maximum Gasteiger partial charge on any atom is 0.251 e. The first-order valence-electron chi connectivity index (χ1n) is 9.37. The monoisotopic (exact) mass is 384 g/mol. The van der Waals surface area contributed by atoms with Gasteiger partial charge >= 0.3 is 0 Å². The van der Waals surface area contributed by atoms with E-state index >= 15 is 0 Å². The maximum absolute atomic E-state index is 13.1. The largest absolute Gasteiger partial charge is 0.462 e. The van der Waals surface area contributed by atoms with Gasteiger partial charge in [0.2, 0.25) is 5.91 Å². The molecule has 1 aromatic heterocycles. The average molecular weight is 384 g/mol. The van der Waals surface area contributed by atoms with Crippen molar-refractivity contribution in [2.24, 2.45) is 0 Å². The quantitative estimate of drug-likeness (QED) is 0.517. The summed E-state index contributed by atoms with van der Waals surface area (Å²) in [6.07, 6.45) is 1.96. The number of benzene rings is 3. The third-order valence-electron chi connectivity index (χ3n) is 4.68. The van der Waals surface area contributed by atoms with E-state index in [0.29, 0.717) is 23.3 Å². The van der Waals surface area contributed by atoms with Gasteiger partial charge in [0.25, 0.3) is 5.91 Å². The summed E-state index contributed by atoms with van der Waals surface area (Å²) in [5.41, 5.74) is 2.64. The molecule has 4 aromatic rings. The highest BCUT2D eigenvalue weighted by atomic mass is 16.3. The van der Waals surface area contributed by atoms with Crippen LogP contribution >= 0.6 is 0 Å². The fraction of sp³-hybridized carbons (Fsp3) is 0.0833. The molecular formula is C24H20N2O3. The smallest absolute Gasteiger partial charge is 0.251 e. The molecule has 1 unspecified atom stereocenters. The number of carbonyl (C=O) groups is 2. The number of para-hydroxylation sites is 1. The number of amides is 2. The van der Waals surface area contributed by atoms with Crippen LogP contribution in [0.1, 0.15) is 15.9 Å². The van der Waals surface area contributed by atoms with Crippen LogP contribution in [0.15, 0.2) is 95.6 Å². The van der Waals surface area contributed by atoms with E-state index in [-0.39, 0.29) is 11.8 Å². The van der Waals surface area contributed by atoms with Crippen molar-refractivity contribution >= 4 is 28.5 Å². The molecule has 0 spiro atoms. The average Bonchev–Trinajstić information content (AvgIpc) is 3.24. The molecule has 144 valence electrons. The summed E-state index contributed by atoms with van der Waals surface area (Å²) >= 11 is 0. The molecular weight excluding hydrogens is 364 g/mol. The molecule has 0 saturated heterocycles. The van der Waals surface area contributed by atoms with Crippen molar-refractivity contribution < 1.29 is 14.0 Å². The van der Waals surface area contributed by atoms with Gasteiger partial charge in [-0.3, -0.25) is 9.59 Å². The lowest BCUT2D eigenvalue weighted by Gasteiger charge is -2.19. The van der Waals surface area contributed by atoms with Crippen molar-refractivity contribution in [3.63, 3.8) is 0 Å². The molecule has 0 saturated carbocycles. The number of hydrogen-bond donors (Lipinski definition) is 2. The molecule has 4 rings (SSSR count).